The first-order chi connectivity index (χ1) is 6.58. The Morgan fingerprint density at radius 3 is 2.86 bits per heavy atom. The fraction of sp³-hybridized carbons (Fsp3) is 0.222. The van der Waals surface area contributed by atoms with E-state index in [0.717, 1.165) is 4.70 Å². The van der Waals surface area contributed by atoms with Crippen LogP contribution in [0.25, 0.3) is 10.2 Å². The predicted octanol–water partition coefficient (Wildman–Crippen LogP) is 1.64. The third kappa shape index (κ3) is 1.40. The number of benzene rings is 1. The molecule has 2 rings (SSSR count). The highest BCUT2D eigenvalue weighted by Crippen LogP contribution is 2.33. The van der Waals surface area contributed by atoms with E-state index < -0.39 is 6.10 Å². The van der Waals surface area contributed by atoms with Gasteiger partial charge >= 0.3 is 0 Å². The molecule has 0 aliphatic heterocycles. The van der Waals surface area contributed by atoms with E-state index in [4.69, 9.17) is 5.73 Å². The molecule has 0 saturated carbocycles. The zero-order chi connectivity index (χ0) is 10.3. The van der Waals surface area contributed by atoms with Gasteiger partial charge in [-0.15, -0.1) is 0 Å². The maximum Gasteiger partial charge on any atom is 0.181 e. The number of nitrogens with zero attached hydrogens (tertiary/aromatic N) is 1. The smallest absolute Gasteiger partial charge is 0.181 e. The van der Waals surface area contributed by atoms with E-state index in [-0.39, 0.29) is 5.75 Å². The Hall–Kier alpha value is -1.33. The Morgan fingerprint density at radius 2 is 2.21 bits per heavy atom. The Kier molecular flexibility index (Phi) is 2.05. The summed E-state index contributed by atoms with van der Waals surface area (Å²) in [6, 6.07) is 3.29. The van der Waals surface area contributed by atoms with Crippen LogP contribution in [0.1, 0.15) is 18.6 Å². The summed E-state index contributed by atoms with van der Waals surface area (Å²) >= 11 is 1.29. The number of rotatable bonds is 1. The van der Waals surface area contributed by atoms with Crippen LogP contribution in [0, 0.1) is 0 Å². The van der Waals surface area contributed by atoms with Gasteiger partial charge < -0.3 is 15.9 Å². The number of nitrogens with two attached hydrogens (primary N) is 1. The topological polar surface area (TPSA) is 79.4 Å². The zero-order valence-corrected chi connectivity index (χ0v) is 8.38. The number of thiazole rings is 1. The summed E-state index contributed by atoms with van der Waals surface area (Å²) in [6.45, 7) is 1.64. The molecule has 1 unspecified atom stereocenters. The van der Waals surface area contributed by atoms with E-state index in [2.05, 4.69) is 4.98 Å². The van der Waals surface area contributed by atoms with Crippen LogP contribution in [0.15, 0.2) is 12.1 Å². The summed E-state index contributed by atoms with van der Waals surface area (Å²) in [5, 5.41) is 19.4. The highest BCUT2D eigenvalue weighted by atomic mass is 32.1. The second-order valence-corrected chi connectivity index (χ2v) is 4.18. The van der Waals surface area contributed by atoms with Gasteiger partial charge in [-0.05, 0) is 24.6 Å². The van der Waals surface area contributed by atoms with E-state index >= 15 is 0 Å². The Bertz CT molecular complexity index is 479. The number of aliphatic hydroxyl groups excluding tert-OH is 1. The van der Waals surface area contributed by atoms with E-state index in [1.54, 1.807) is 13.0 Å². The molecule has 74 valence electrons. The minimum absolute atomic E-state index is 0.0614. The largest absolute Gasteiger partial charge is 0.506 e. The Morgan fingerprint density at radius 1 is 1.50 bits per heavy atom. The summed E-state index contributed by atoms with van der Waals surface area (Å²) in [6.07, 6.45) is -0.603. The molecule has 2 aromatic rings. The lowest BCUT2D eigenvalue weighted by atomic mass is 10.1. The molecule has 0 aliphatic carbocycles. The van der Waals surface area contributed by atoms with Crippen molar-refractivity contribution in [1.29, 1.82) is 0 Å². The van der Waals surface area contributed by atoms with Gasteiger partial charge in [0, 0.05) is 0 Å². The zero-order valence-electron chi connectivity index (χ0n) is 7.56. The molecule has 0 amide bonds. The van der Waals surface area contributed by atoms with Crippen LogP contribution in [0.3, 0.4) is 0 Å². The van der Waals surface area contributed by atoms with Crippen molar-refractivity contribution < 1.29 is 10.2 Å². The van der Waals surface area contributed by atoms with Crippen LogP contribution >= 0.6 is 11.3 Å². The van der Waals surface area contributed by atoms with E-state index in [1.807, 2.05) is 0 Å². The molecule has 14 heavy (non-hydrogen) atoms. The molecule has 0 radical (unpaired) electrons. The molecule has 4 N–H and O–H groups in total. The van der Waals surface area contributed by atoms with Crippen molar-refractivity contribution in [3.63, 3.8) is 0 Å². The van der Waals surface area contributed by atoms with Crippen molar-refractivity contribution in [3.05, 3.63) is 17.7 Å². The predicted molar refractivity (Wildman–Crippen MR) is 56.3 cm³/mol. The van der Waals surface area contributed by atoms with Crippen LogP contribution in [0.4, 0.5) is 5.13 Å². The lowest BCUT2D eigenvalue weighted by Crippen LogP contribution is -1.89. The van der Waals surface area contributed by atoms with Crippen molar-refractivity contribution in [1.82, 2.24) is 4.98 Å². The monoisotopic (exact) mass is 210 g/mol. The number of aromatic nitrogens is 1. The molecule has 0 aliphatic rings. The molecule has 1 heterocycles. The molecular formula is C9H10N2O2S. The maximum absolute atomic E-state index is 9.59. The molecule has 0 spiro atoms. The number of nitrogen functional groups attached to an aromatic ring is 1. The van der Waals surface area contributed by atoms with Crippen molar-refractivity contribution in [2.75, 3.05) is 5.73 Å². The molecule has 4 nitrogen and oxygen atoms in total. The van der Waals surface area contributed by atoms with E-state index in [0.29, 0.717) is 16.2 Å². The summed E-state index contributed by atoms with van der Waals surface area (Å²) in [5.74, 6) is 0.0614. The highest BCUT2D eigenvalue weighted by molar-refractivity contribution is 7.22. The van der Waals surface area contributed by atoms with Gasteiger partial charge in [0.2, 0.25) is 0 Å². The summed E-state index contributed by atoms with van der Waals surface area (Å²) in [7, 11) is 0. The van der Waals surface area contributed by atoms with Crippen LogP contribution in [-0.2, 0) is 0 Å². The second kappa shape index (κ2) is 3.11. The molecule has 0 fully saturated rings. The molecule has 1 atom stereocenters. The minimum Gasteiger partial charge on any atom is -0.506 e. The minimum atomic E-state index is -0.603. The van der Waals surface area contributed by atoms with Gasteiger partial charge in [0.15, 0.2) is 5.13 Å². The van der Waals surface area contributed by atoms with E-state index in [1.165, 1.54) is 17.4 Å². The van der Waals surface area contributed by atoms with Gasteiger partial charge in [0.1, 0.15) is 11.3 Å². The van der Waals surface area contributed by atoms with Gasteiger partial charge in [-0.25, -0.2) is 4.98 Å². The van der Waals surface area contributed by atoms with Gasteiger partial charge in [0.25, 0.3) is 0 Å². The summed E-state index contributed by atoms with van der Waals surface area (Å²) in [4.78, 5) is 3.98. The lowest BCUT2D eigenvalue weighted by Gasteiger charge is -2.04. The molecule has 0 bridgehead atoms. The first-order valence-corrected chi connectivity index (χ1v) is 4.96. The third-order valence-corrected chi connectivity index (χ3v) is 2.83. The normalized spacial score (nSPS) is 13.3. The van der Waals surface area contributed by atoms with Crippen molar-refractivity contribution >= 4 is 26.7 Å². The van der Waals surface area contributed by atoms with Crippen molar-refractivity contribution in [2.45, 2.75) is 13.0 Å². The first kappa shape index (κ1) is 9.23. The summed E-state index contributed by atoms with van der Waals surface area (Å²) < 4.78 is 0.790. The average Bonchev–Trinajstić information content (AvgIpc) is 2.45. The van der Waals surface area contributed by atoms with Gasteiger partial charge in [-0.3, -0.25) is 0 Å². The number of phenols is 1. The van der Waals surface area contributed by atoms with Gasteiger partial charge in [0.05, 0.1) is 10.8 Å². The summed E-state index contributed by atoms with van der Waals surface area (Å²) in [5.41, 5.74) is 6.68. The first-order valence-electron chi connectivity index (χ1n) is 4.15. The fourth-order valence-electron chi connectivity index (χ4n) is 1.29. The number of fused-ring (bicyclic) bond motifs is 1. The Labute approximate surface area is 84.6 Å². The number of hydrogen-bond donors (Lipinski definition) is 3. The van der Waals surface area contributed by atoms with Crippen LogP contribution in [0.5, 0.6) is 5.75 Å². The van der Waals surface area contributed by atoms with Gasteiger partial charge in [-0.1, -0.05) is 11.3 Å². The molecule has 1 aromatic heterocycles. The number of hydrogen-bond acceptors (Lipinski definition) is 5. The van der Waals surface area contributed by atoms with E-state index in [9.17, 15) is 10.2 Å². The number of aliphatic hydroxyl groups is 1. The third-order valence-electron chi connectivity index (χ3n) is 2.00. The highest BCUT2D eigenvalue weighted by Gasteiger charge is 2.10. The van der Waals surface area contributed by atoms with Crippen LogP contribution < -0.4 is 5.73 Å². The number of phenolic OH excluding ortho intramolecular Hbond substituents is 1. The Balaban J connectivity index is 2.71. The standard InChI is InChI=1S/C9H10N2O2S/c1-4(12)5-2-6(13)8-7(3-5)14-9(10)11-8/h2-4,12-13H,1H3,(H2,10,11). The number of anilines is 1. The lowest BCUT2D eigenvalue weighted by molar-refractivity contribution is 0.199. The quantitative estimate of drug-likeness (QED) is 0.668. The SMILES string of the molecule is CC(O)c1cc(O)c2nc(N)sc2c1. The van der Waals surface area contributed by atoms with Crippen molar-refractivity contribution in [3.8, 4) is 5.75 Å². The fourth-order valence-corrected chi connectivity index (χ4v) is 2.10. The second-order valence-electron chi connectivity index (χ2n) is 3.11. The molecular weight excluding hydrogens is 200 g/mol. The molecule has 5 heteroatoms. The van der Waals surface area contributed by atoms with Crippen molar-refractivity contribution in [2.24, 2.45) is 0 Å². The average molecular weight is 210 g/mol. The number of aromatic hydroxyl groups is 1. The van der Waals surface area contributed by atoms with Crippen LogP contribution in [-0.4, -0.2) is 15.2 Å². The van der Waals surface area contributed by atoms with Crippen LogP contribution in [0.2, 0.25) is 0 Å². The molecule has 0 saturated heterocycles. The van der Waals surface area contributed by atoms with Gasteiger partial charge in [-0.2, -0.15) is 0 Å². The molecule has 1 aromatic carbocycles. The maximum atomic E-state index is 9.59.